The highest BCUT2D eigenvalue weighted by atomic mass is 31.2. The topological polar surface area (TPSA) is 86.2 Å². The van der Waals surface area contributed by atoms with E-state index < -0.39 is 7.82 Å². The zero-order valence-corrected chi connectivity index (χ0v) is 86.3. The summed E-state index contributed by atoms with van der Waals surface area (Å²) in [7, 11) is 2.43. The Kier molecular flexibility index (Phi) is 112. The summed E-state index contributed by atoms with van der Waals surface area (Å²) in [5, 5.41) is 0. The lowest BCUT2D eigenvalue weighted by atomic mass is 10.0. The first-order chi connectivity index (χ1) is 58.0. The largest absolute Gasteiger partial charge is 0.822 e. The van der Waals surface area contributed by atoms with Gasteiger partial charge in [-0.25, -0.2) is 0 Å². The van der Waals surface area contributed by atoms with E-state index in [1.54, 1.807) is 0 Å². The second-order valence-corrected chi connectivity index (χ2v) is 41.4. The van der Waals surface area contributed by atoms with Crippen molar-refractivity contribution in [2.24, 2.45) is 0 Å². The van der Waals surface area contributed by atoms with Crippen LogP contribution in [0.4, 0.5) is 0 Å². The molecular formula is C111H234N3O4P. The van der Waals surface area contributed by atoms with Crippen LogP contribution in [0.3, 0.4) is 0 Å². The van der Waals surface area contributed by atoms with Crippen molar-refractivity contribution < 1.29 is 32.7 Å². The molecule has 3 atom stereocenters. The molecule has 0 spiro atoms. The number of unbranched alkanes of at least 4 members (excludes halogenated alkanes) is 81. The number of hydrogen-bond donors (Lipinski definition) is 0. The molecule has 0 N–H and O–H groups in total. The van der Waals surface area contributed by atoms with Gasteiger partial charge in [-0.15, -0.1) is 0 Å². The number of phosphoric acid groups is 1. The van der Waals surface area contributed by atoms with Gasteiger partial charge in [-0.2, -0.15) is 7.82 Å². The maximum atomic E-state index is 8.55. The molecule has 0 heterocycles. The van der Waals surface area contributed by atoms with Crippen LogP contribution in [0.25, 0.3) is 0 Å². The van der Waals surface area contributed by atoms with Crippen LogP contribution in [-0.4, -0.2) is 93.5 Å². The van der Waals surface area contributed by atoms with Crippen LogP contribution in [0.5, 0.6) is 0 Å². The third kappa shape index (κ3) is 116. The van der Waals surface area contributed by atoms with Gasteiger partial charge in [0.15, 0.2) is 0 Å². The Labute approximate surface area is 756 Å². The minimum atomic E-state index is -5.39. The first-order valence-corrected chi connectivity index (χ1v) is 57.7. The zero-order valence-electron chi connectivity index (χ0n) is 85.4. The van der Waals surface area contributed by atoms with Gasteiger partial charge in [0.2, 0.25) is 0 Å². The highest BCUT2D eigenvalue weighted by molar-refractivity contribution is 7.40. The Bertz CT molecular complexity index is 1620. The van der Waals surface area contributed by atoms with Gasteiger partial charge in [-0.05, 0) is 116 Å². The third-order valence-corrected chi connectivity index (χ3v) is 27.5. The highest BCUT2D eigenvalue weighted by Gasteiger charge is 2.23. The molecule has 0 saturated heterocycles. The molecule has 3 unspecified atom stereocenters. The molecule has 119 heavy (non-hydrogen) atoms. The van der Waals surface area contributed by atoms with Gasteiger partial charge in [-0.1, -0.05) is 525 Å². The number of quaternary nitrogens is 3. The Morgan fingerprint density at radius 2 is 0.176 bits per heavy atom. The van der Waals surface area contributed by atoms with Gasteiger partial charge in [0.1, 0.15) is 0 Å². The van der Waals surface area contributed by atoms with E-state index in [0.29, 0.717) is 0 Å². The van der Waals surface area contributed by atoms with Crippen molar-refractivity contribution in [2.45, 2.75) is 640 Å². The molecular weight excluding hydrogens is 1470 g/mol. The first kappa shape index (κ1) is 125. The maximum Gasteiger partial charge on any atom is 0.0784 e. The molecule has 0 aromatic rings. The van der Waals surface area contributed by atoms with E-state index in [-0.39, 0.29) is 0 Å². The molecule has 0 bridgehead atoms. The summed E-state index contributed by atoms with van der Waals surface area (Å²) in [4.78, 5) is 25.6. The smallest absolute Gasteiger partial charge is 0.0784 e. The van der Waals surface area contributed by atoms with Crippen LogP contribution in [0.15, 0.2) is 0 Å². The van der Waals surface area contributed by atoms with Gasteiger partial charge in [-0.3, -0.25) is 0 Å². The fraction of sp³-hybridized carbons (Fsp3) is 1.00. The Hall–Kier alpha value is -0.0100. The van der Waals surface area contributed by atoms with Crippen LogP contribution in [0.2, 0.25) is 0 Å². The third-order valence-electron chi connectivity index (χ3n) is 27.5. The van der Waals surface area contributed by atoms with Gasteiger partial charge in [0, 0.05) is 0 Å². The lowest BCUT2D eigenvalue weighted by molar-refractivity contribution is -0.910. The molecule has 722 valence electrons. The fourth-order valence-corrected chi connectivity index (χ4v) is 18.8. The van der Waals surface area contributed by atoms with Crippen LogP contribution in [0, 0.1) is 0 Å². The summed E-state index contributed by atoms with van der Waals surface area (Å²) in [6.45, 7) is 33.8. The molecule has 0 aromatic heterocycles. The highest BCUT2D eigenvalue weighted by Crippen LogP contribution is 2.24. The van der Waals surface area contributed by atoms with E-state index in [9.17, 15) is 0 Å². The van der Waals surface area contributed by atoms with E-state index >= 15 is 0 Å². The first-order valence-electron chi connectivity index (χ1n) is 56.3. The second-order valence-electron chi connectivity index (χ2n) is 40.5. The quantitative estimate of drug-likeness (QED) is 0.0345. The number of hydrogen-bond acceptors (Lipinski definition) is 4. The molecule has 0 rings (SSSR count). The van der Waals surface area contributed by atoms with Crippen molar-refractivity contribution in [3.63, 3.8) is 0 Å². The van der Waals surface area contributed by atoms with Crippen LogP contribution in [0.1, 0.15) is 640 Å². The van der Waals surface area contributed by atoms with Crippen molar-refractivity contribution in [2.75, 3.05) is 80.0 Å². The minimum Gasteiger partial charge on any atom is -0.822 e. The molecule has 0 fully saturated rings. The fourth-order valence-electron chi connectivity index (χ4n) is 18.8. The van der Waals surface area contributed by atoms with E-state index in [2.05, 4.69) is 83.5 Å². The molecule has 0 aliphatic heterocycles. The minimum absolute atomic E-state index is 1.37. The number of rotatable bonds is 99. The summed E-state index contributed by atoms with van der Waals surface area (Å²) < 4.78 is 12.6. The summed E-state index contributed by atoms with van der Waals surface area (Å²) in [5.74, 6) is 0. The molecule has 0 saturated carbocycles. The molecule has 7 nitrogen and oxygen atoms in total. The van der Waals surface area contributed by atoms with Crippen molar-refractivity contribution in [3.8, 4) is 0 Å². The van der Waals surface area contributed by atoms with E-state index in [1.165, 1.54) is 650 Å². The predicted molar refractivity (Wildman–Crippen MR) is 537 cm³/mol. The zero-order chi connectivity index (χ0) is 88.0. The summed E-state index contributed by atoms with van der Waals surface area (Å²) >= 11 is 0. The Morgan fingerprint density at radius 1 is 0.126 bits per heavy atom. The van der Waals surface area contributed by atoms with Gasteiger partial charge in [0.25, 0.3) is 0 Å². The van der Waals surface area contributed by atoms with Crippen molar-refractivity contribution >= 4 is 7.82 Å². The summed E-state index contributed by atoms with van der Waals surface area (Å²) in [6.07, 6.45) is 131. The lowest BCUT2D eigenvalue weighted by Gasteiger charge is -2.36. The van der Waals surface area contributed by atoms with E-state index in [0.717, 1.165) is 0 Å². The normalized spacial score (nSPS) is 13.2. The Morgan fingerprint density at radius 3 is 0.235 bits per heavy atom. The second kappa shape index (κ2) is 107. The van der Waals surface area contributed by atoms with Crippen LogP contribution < -0.4 is 14.7 Å². The van der Waals surface area contributed by atoms with Crippen LogP contribution in [-0.2, 0) is 4.57 Å². The predicted octanol–water partition coefficient (Wildman–Crippen LogP) is 36.8. The lowest BCUT2D eigenvalue weighted by Crippen LogP contribution is -2.46. The number of nitrogens with zero attached hydrogens (tertiary/aromatic N) is 3. The Balaban J connectivity index is -0.000000808. The average molecular weight is 1710 g/mol. The molecule has 8 heteroatoms. The van der Waals surface area contributed by atoms with Gasteiger partial charge in [0.05, 0.1) is 80.0 Å². The average Bonchev–Trinajstić information content (AvgIpc) is 0.913. The van der Waals surface area contributed by atoms with Crippen LogP contribution >= 0.6 is 7.82 Å². The van der Waals surface area contributed by atoms with E-state index in [1.807, 2.05) is 0 Å². The molecule has 0 radical (unpaired) electrons. The maximum absolute atomic E-state index is 8.55. The molecule has 0 aliphatic carbocycles. The SMILES string of the molecule is CCCCCCCCCCCCC[N+](C)(CCCCCCCCCCC)CCCCCCCCCCCC.CCCCCCCCCCCCC[N+](C)(CCCCCCCCCCC)CCCCCCCCCCCC.CCCCCCCCCCCCC[N+](C)(CCCCCCCCCCC)CCCCCCCCCCCC.O=P([O-])([O-])[O-]. The monoisotopic (exact) mass is 1700 g/mol. The van der Waals surface area contributed by atoms with Crippen molar-refractivity contribution in [1.29, 1.82) is 0 Å². The van der Waals surface area contributed by atoms with Crippen molar-refractivity contribution in [3.05, 3.63) is 0 Å². The van der Waals surface area contributed by atoms with Gasteiger partial charge < -0.3 is 32.7 Å². The molecule has 0 aromatic carbocycles. The van der Waals surface area contributed by atoms with Crippen molar-refractivity contribution in [1.82, 2.24) is 0 Å². The molecule has 0 aliphatic rings. The van der Waals surface area contributed by atoms with E-state index in [4.69, 9.17) is 19.2 Å². The summed E-state index contributed by atoms with van der Waals surface area (Å²) in [5.41, 5.74) is 0. The molecule has 0 amide bonds. The summed E-state index contributed by atoms with van der Waals surface area (Å²) in [6, 6.07) is 0. The van der Waals surface area contributed by atoms with Gasteiger partial charge >= 0.3 is 0 Å². The standard InChI is InChI=1S/3C37H78N.H3O4P/c3*1-5-8-11-14-17-20-22-25-28-31-34-37-38(4,35-32-29-26-23-19-16-13-10-7-3)36-33-30-27-24-21-18-15-12-9-6-2;1-5(2,3)4/h3*5-37H2,1-4H3;(H3,1,2,3,4)/q3*+1;/p-3.